The molecule has 5 nitrogen and oxygen atoms in total. The second-order valence-electron chi connectivity index (χ2n) is 7.21. The summed E-state index contributed by atoms with van der Waals surface area (Å²) in [7, 11) is 0. The molecule has 160 valence electrons. The fourth-order valence-corrected chi connectivity index (χ4v) is 4.43. The van der Waals surface area contributed by atoms with Gasteiger partial charge in [-0.1, -0.05) is 23.7 Å². The van der Waals surface area contributed by atoms with Crippen molar-refractivity contribution in [2.75, 3.05) is 25.4 Å². The molecular formula is C23H27ClN2O3S. The maximum atomic E-state index is 12.7. The molecule has 1 fully saturated rings. The molecule has 1 N–H and O–H groups in total. The zero-order chi connectivity index (χ0) is 21.3. The summed E-state index contributed by atoms with van der Waals surface area (Å²) >= 11 is 7.56. The van der Waals surface area contributed by atoms with Crippen molar-refractivity contribution in [2.24, 2.45) is 0 Å². The lowest BCUT2D eigenvalue weighted by Crippen LogP contribution is -2.47. The second-order valence-corrected chi connectivity index (χ2v) is 8.64. The van der Waals surface area contributed by atoms with Crippen molar-refractivity contribution >= 4 is 35.2 Å². The highest BCUT2D eigenvalue weighted by Crippen LogP contribution is 2.19. The molecule has 1 heterocycles. The highest BCUT2D eigenvalue weighted by molar-refractivity contribution is 7.99. The Labute approximate surface area is 187 Å². The van der Waals surface area contributed by atoms with Crippen molar-refractivity contribution in [3.63, 3.8) is 0 Å². The predicted octanol–water partition coefficient (Wildman–Crippen LogP) is 4.39. The normalized spacial score (nSPS) is 14.4. The lowest BCUT2D eigenvalue weighted by molar-refractivity contribution is -0.119. The van der Waals surface area contributed by atoms with E-state index in [9.17, 15) is 9.59 Å². The van der Waals surface area contributed by atoms with Crippen LogP contribution in [0.25, 0.3) is 0 Å². The standard InChI is InChI=1S/C23H27ClN2O3S/c1-2-29-21-8-6-18(7-9-21)23(28)26-12-10-20(11-13-26)25-22(27)16-30-15-17-4-3-5-19(24)14-17/h3-9,14,20H,2,10-13,15-16H2,1H3,(H,25,27). The second kappa shape index (κ2) is 11.3. The number of nitrogens with one attached hydrogen (secondary N) is 1. The first-order valence-corrected chi connectivity index (χ1v) is 11.7. The molecule has 0 saturated carbocycles. The molecular weight excluding hydrogens is 420 g/mol. The third kappa shape index (κ3) is 6.67. The van der Waals surface area contributed by atoms with Crippen LogP contribution in [0.3, 0.4) is 0 Å². The number of hydrogen-bond donors (Lipinski definition) is 1. The zero-order valence-electron chi connectivity index (χ0n) is 17.1. The number of piperidine rings is 1. The summed E-state index contributed by atoms with van der Waals surface area (Å²) < 4.78 is 5.42. The molecule has 0 aliphatic carbocycles. The van der Waals surface area contributed by atoms with E-state index in [-0.39, 0.29) is 17.9 Å². The molecule has 30 heavy (non-hydrogen) atoms. The topological polar surface area (TPSA) is 58.6 Å². The van der Waals surface area contributed by atoms with Crippen LogP contribution in [0.4, 0.5) is 0 Å². The summed E-state index contributed by atoms with van der Waals surface area (Å²) in [6.45, 7) is 3.82. The number of hydrogen-bond acceptors (Lipinski definition) is 4. The van der Waals surface area contributed by atoms with Crippen molar-refractivity contribution < 1.29 is 14.3 Å². The van der Waals surface area contributed by atoms with Crippen LogP contribution in [0.2, 0.25) is 5.02 Å². The van der Waals surface area contributed by atoms with Gasteiger partial charge in [-0.25, -0.2) is 0 Å². The molecule has 0 aromatic heterocycles. The van der Waals surface area contributed by atoms with E-state index in [1.54, 1.807) is 23.9 Å². The maximum Gasteiger partial charge on any atom is 0.253 e. The third-order valence-corrected chi connectivity index (χ3v) is 6.19. The van der Waals surface area contributed by atoms with Crippen LogP contribution in [0.1, 0.15) is 35.7 Å². The van der Waals surface area contributed by atoms with Gasteiger partial charge < -0.3 is 15.0 Å². The average molecular weight is 447 g/mol. The van der Waals surface area contributed by atoms with Crippen LogP contribution < -0.4 is 10.1 Å². The van der Waals surface area contributed by atoms with Crippen molar-refractivity contribution in [1.29, 1.82) is 0 Å². The zero-order valence-corrected chi connectivity index (χ0v) is 18.7. The summed E-state index contributed by atoms with van der Waals surface area (Å²) in [6.07, 6.45) is 1.54. The average Bonchev–Trinajstić information content (AvgIpc) is 2.75. The van der Waals surface area contributed by atoms with E-state index in [0.717, 1.165) is 29.9 Å². The van der Waals surface area contributed by atoms with Gasteiger partial charge in [-0.05, 0) is 61.7 Å². The van der Waals surface area contributed by atoms with Crippen LogP contribution in [-0.4, -0.2) is 48.2 Å². The van der Waals surface area contributed by atoms with Crippen LogP contribution >= 0.6 is 23.4 Å². The van der Waals surface area contributed by atoms with Crippen LogP contribution in [0.5, 0.6) is 5.75 Å². The molecule has 0 bridgehead atoms. The molecule has 3 rings (SSSR count). The van der Waals surface area contributed by atoms with Gasteiger partial charge in [0.1, 0.15) is 5.75 Å². The number of likely N-dealkylation sites (tertiary alicyclic amines) is 1. The van der Waals surface area contributed by atoms with E-state index in [2.05, 4.69) is 5.32 Å². The number of nitrogens with zero attached hydrogens (tertiary/aromatic N) is 1. The number of ether oxygens (including phenoxy) is 1. The molecule has 0 spiro atoms. The van der Waals surface area contributed by atoms with Gasteiger partial charge in [0.2, 0.25) is 5.91 Å². The molecule has 0 radical (unpaired) electrons. The number of carbonyl (C=O) groups excluding carboxylic acids is 2. The van der Waals surface area contributed by atoms with Gasteiger partial charge in [-0.2, -0.15) is 0 Å². The molecule has 1 saturated heterocycles. The van der Waals surface area contributed by atoms with E-state index >= 15 is 0 Å². The largest absolute Gasteiger partial charge is 0.494 e. The first-order valence-electron chi connectivity index (χ1n) is 10.2. The van der Waals surface area contributed by atoms with Gasteiger partial charge in [-0.3, -0.25) is 9.59 Å². The Bertz CT molecular complexity index is 852. The maximum absolute atomic E-state index is 12.7. The molecule has 2 aromatic rings. The Morgan fingerprint density at radius 1 is 1.17 bits per heavy atom. The van der Waals surface area contributed by atoms with Crippen LogP contribution in [0, 0.1) is 0 Å². The van der Waals surface area contributed by atoms with E-state index in [1.165, 1.54) is 0 Å². The molecule has 1 aliphatic heterocycles. The van der Waals surface area contributed by atoms with Gasteiger partial charge in [0, 0.05) is 35.5 Å². The van der Waals surface area contributed by atoms with E-state index in [0.29, 0.717) is 36.0 Å². The molecule has 0 atom stereocenters. The van der Waals surface area contributed by atoms with E-state index in [1.807, 2.05) is 48.2 Å². The number of halogens is 1. The summed E-state index contributed by atoms with van der Waals surface area (Å²) in [5.41, 5.74) is 1.78. The Morgan fingerprint density at radius 2 is 1.90 bits per heavy atom. The van der Waals surface area contributed by atoms with Crippen LogP contribution in [0.15, 0.2) is 48.5 Å². The quantitative estimate of drug-likeness (QED) is 0.653. The fourth-order valence-electron chi connectivity index (χ4n) is 3.43. The van der Waals surface area contributed by atoms with Crippen molar-refractivity contribution in [2.45, 2.75) is 31.6 Å². The van der Waals surface area contributed by atoms with Gasteiger partial charge in [0.15, 0.2) is 0 Å². The van der Waals surface area contributed by atoms with Gasteiger partial charge >= 0.3 is 0 Å². The third-order valence-electron chi connectivity index (χ3n) is 4.95. The Morgan fingerprint density at radius 3 is 2.57 bits per heavy atom. The first-order chi connectivity index (χ1) is 14.5. The lowest BCUT2D eigenvalue weighted by Gasteiger charge is -2.32. The number of carbonyl (C=O) groups is 2. The monoisotopic (exact) mass is 446 g/mol. The fraction of sp³-hybridized carbons (Fsp3) is 0.391. The van der Waals surface area contributed by atoms with Crippen molar-refractivity contribution in [1.82, 2.24) is 10.2 Å². The summed E-state index contributed by atoms with van der Waals surface area (Å²) in [6, 6.07) is 15.1. The van der Waals surface area contributed by atoms with Gasteiger partial charge in [0.25, 0.3) is 5.91 Å². The molecule has 7 heteroatoms. The predicted molar refractivity (Wildman–Crippen MR) is 122 cm³/mol. The number of amides is 2. The Balaban J connectivity index is 1.38. The summed E-state index contributed by atoms with van der Waals surface area (Å²) in [4.78, 5) is 26.8. The Hall–Kier alpha value is -2.18. The minimum atomic E-state index is 0.0277. The number of benzene rings is 2. The minimum absolute atomic E-state index is 0.0277. The highest BCUT2D eigenvalue weighted by atomic mass is 35.5. The van der Waals surface area contributed by atoms with E-state index < -0.39 is 0 Å². The highest BCUT2D eigenvalue weighted by Gasteiger charge is 2.24. The number of thioether (sulfide) groups is 1. The molecule has 1 aliphatic rings. The molecule has 2 aromatic carbocycles. The minimum Gasteiger partial charge on any atom is -0.494 e. The SMILES string of the molecule is CCOc1ccc(C(=O)N2CCC(NC(=O)CSCc3cccc(Cl)c3)CC2)cc1. The summed E-state index contributed by atoms with van der Waals surface area (Å²) in [5.74, 6) is 2.00. The Kier molecular flexibility index (Phi) is 8.46. The van der Waals surface area contributed by atoms with Crippen LogP contribution in [-0.2, 0) is 10.5 Å². The lowest BCUT2D eigenvalue weighted by atomic mass is 10.0. The first kappa shape index (κ1) is 22.5. The van der Waals surface area contributed by atoms with Gasteiger partial charge in [0.05, 0.1) is 12.4 Å². The van der Waals surface area contributed by atoms with Crippen molar-refractivity contribution in [3.05, 3.63) is 64.7 Å². The van der Waals surface area contributed by atoms with Gasteiger partial charge in [-0.15, -0.1) is 11.8 Å². The smallest absolute Gasteiger partial charge is 0.253 e. The van der Waals surface area contributed by atoms with Crippen molar-refractivity contribution in [3.8, 4) is 5.75 Å². The summed E-state index contributed by atoms with van der Waals surface area (Å²) in [5, 5.41) is 3.81. The van der Waals surface area contributed by atoms with E-state index in [4.69, 9.17) is 16.3 Å². The molecule has 0 unspecified atom stereocenters. The molecule has 2 amide bonds. The number of rotatable bonds is 8.